The van der Waals surface area contributed by atoms with Crippen LogP contribution in [-0.4, -0.2) is 52.3 Å². The van der Waals surface area contributed by atoms with E-state index in [0.717, 1.165) is 31.0 Å². The molecule has 4 nitrogen and oxygen atoms in total. The zero-order valence-corrected chi connectivity index (χ0v) is 14.7. The second-order valence-corrected chi connectivity index (χ2v) is 7.85. The average Bonchev–Trinajstić information content (AvgIpc) is 2.83. The molecule has 7 heteroatoms. The molecule has 1 aliphatic rings. The number of carbonyl (C=O) groups is 2. The topological polar surface area (TPSA) is 49.4 Å². The van der Waals surface area contributed by atoms with E-state index in [2.05, 4.69) is 5.32 Å². The van der Waals surface area contributed by atoms with Gasteiger partial charge in [0.15, 0.2) is 0 Å². The Morgan fingerprint density at radius 2 is 2.04 bits per heavy atom. The lowest BCUT2D eigenvalue weighted by atomic mass is 10.3. The summed E-state index contributed by atoms with van der Waals surface area (Å²) in [5.74, 6) is 1.86. The summed E-state index contributed by atoms with van der Waals surface area (Å²) >= 11 is 3.21. The molecule has 1 unspecified atom stereocenters. The first-order chi connectivity index (χ1) is 11.1. The normalized spacial score (nSPS) is 16.5. The highest BCUT2D eigenvalue weighted by Crippen LogP contribution is 2.17. The number of nitrogens with one attached hydrogen (secondary N) is 1. The van der Waals surface area contributed by atoms with Crippen molar-refractivity contribution in [3.63, 3.8) is 0 Å². The van der Waals surface area contributed by atoms with Gasteiger partial charge in [-0.05, 0) is 43.4 Å². The van der Waals surface area contributed by atoms with E-state index >= 15 is 0 Å². The summed E-state index contributed by atoms with van der Waals surface area (Å²) in [6.07, 6.45) is 1.03. The zero-order valence-electron chi connectivity index (χ0n) is 13.1. The number of hydrogen-bond acceptors (Lipinski definition) is 4. The summed E-state index contributed by atoms with van der Waals surface area (Å²) in [7, 11) is 0. The van der Waals surface area contributed by atoms with Crippen molar-refractivity contribution in [1.82, 2.24) is 4.90 Å². The Morgan fingerprint density at radius 1 is 1.30 bits per heavy atom. The molecule has 0 aromatic heterocycles. The zero-order chi connectivity index (χ0) is 16.7. The number of nitrogens with zero attached hydrogens (tertiary/aromatic N) is 1. The molecule has 0 spiro atoms. The molecule has 1 atom stereocenters. The van der Waals surface area contributed by atoms with E-state index in [1.54, 1.807) is 0 Å². The van der Waals surface area contributed by atoms with Gasteiger partial charge in [0.05, 0.1) is 11.0 Å². The maximum atomic E-state index is 12.8. The lowest BCUT2D eigenvalue weighted by Gasteiger charge is -2.23. The highest BCUT2D eigenvalue weighted by Gasteiger charge is 2.22. The number of anilines is 1. The van der Waals surface area contributed by atoms with Crippen molar-refractivity contribution in [2.45, 2.75) is 18.6 Å². The van der Waals surface area contributed by atoms with E-state index in [-0.39, 0.29) is 28.6 Å². The number of thioether (sulfide) groups is 2. The Bertz CT molecular complexity index is 531. The molecule has 1 heterocycles. The van der Waals surface area contributed by atoms with E-state index in [4.69, 9.17) is 0 Å². The third-order valence-corrected chi connectivity index (χ3v) is 5.65. The van der Waals surface area contributed by atoms with Gasteiger partial charge >= 0.3 is 0 Å². The third-order valence-electron chi connectivity index (χ3n) is 3.47. The minimum absolute atomic E-state index is 0.104. The fourth-order valence-electron chi connectivity index (χ4n) is 2.23. The summed E-state index contributed by atoms with van der Waals surface area (Å²) in [5.41, 5.74) is 0.556. The molecule has 0 saturated carbocycles. The summed E-state index contributed by atoms with van der Waals surface area (Å²) < 4.78 is 12.8. The number of halogens is 1. The summed E-state index contributed by atoms with van der Waals surface area (Å²) in [4.78, 5) is 26.2. The summed E-state index contributed by atoms with van der Waals surface area (Å²) in [6, 6.07) is 5.63. The first-order valence-corrected chi connectivity index (χ1v) is 9.80. The van der Waals surface area contributed by atoms with Gasteiger partial charge in [-0.3, -0.25) is 9.59 Å². The van der Waals surface area contributed by atoms with Crippen LogP contribution in [0.1, 0.15) is 13.3 Å². The van der Waals surface area contributed by atoms with Crippen LogP contribution in [-0.2, 0) is 9.59 Å². The lowest BCUT2D eigenvalue weighted by molar-refractivity contribution is -0.130. The molecule has 1 aromatic rings. The molecule has 0 aliphatic carbocycles. The van der Waals surface area contributed by atoms with Gasteiger partial charge in [-0.2, -0.15) is 11.8 Å². The highest BCUT2D eigenvalue weighted by molar-refractivity contribution is 8.01. The molecule has 0 radical (unpaired) electrons. The Kier molecular flexibility index (Phi) is 7.23. The molecule has 23 heavy (non-hydrogen) atoms. The van der Waals surface area contributed by atoms with Crippen LogP contribution in [0.2, 0.25) is 0 Å². The highest BCUT2D eigenvalue weighted by atomic mass is 32.2. The Labute approximate surface area is 144 Å². The number of hydrogen-bond donors (Lipinski definition) is 1. The van der Waals surface area contributed by atoms with Crippen molar-refractivity contribution < 1.29 is 14.0 Å². The third kappa shape index (κ3) is 6.06. The maximum absolute atomic E-state index is 12.8. The van der Waals surface area contributed by atoms with Gasteiger partial charge in [0.1, 0.15) is 5.82 Å². The lowest BCUT2D eigenvalue weighted by Crippen LogP contribution is -2.38. The van der Waals surface area contributed by atoms with E-state index in [1.807, 2.05) is 23.6 Å². The van der Waals surface area contributed by atoms with Gasteiger partial charge in [-0.25, -0.2) is 4.39 Å². The molecule has 2 rings (SSSR count). The van der Waals surface area contributed by atoms with Crippen LogP contribution in [0.25, 0.3) is 0 Å². The van der Waals surface area contributed by atoms with Gasteiger partial charge in [0, 0.05) is 24.5 Å². The van der Waals surface area contributed by atoms with E-state index < -0.39 is 0 Å². The number of carbonyl (C=O) groups excluding carboxylic acids is 2. The second kappa shape index (κ2) is 9.17. The molecular weight excluding hydrogens is 335 g/mol. The molecule has 1 saturated heterocycles. The van der Waals surface area contributed by atoms with E-state index in [9.17, 15) is 14.0 Å². The van der Waals surface area contributed by atoms with Crippen molar-refractivity contribution in [3.8, 4) is 0 Å². The van der Waals surface area contributed by atoms with E-state index in [0.29, 0.717) is 5.69 Å². The quantitative estimate of drug-likeness (QED) is 0.881. The van der Waals surface area contributed by atoms with Crippen LogP contribution in [0.4, 0.5) is 10.1 Å². The largest absolute Gasteiger partial charge is 0.341 e. The minimum atomic E-state index is -0.341. The minimum Gasteiger partial charge on any atom is -0.341 e. The first-order valence-electron chi connectivity index (χ1n) is 7.60. The van der Waals surface area contributed by atoms with Crippen molar-refractivity contribution in [3.05, 3.63) is 30.1 Å². The van der Waals surface area contributed by atoms with Crippen molar-refractivity contribution in [1.29, 1.82) is 0 Å². The number of amides is 2. The van der Waals surface area contributed by atoms with Crippen LogP contribution in [0.5, 0.6) is 0 Å². The van der Waals surface area contributed by atoms with Gasteiger partial charge < -0.3 is 10.2 Å². The Hall–Kier alpha value is -1.21. The van der Waals surface area contributed by atoms with Crippen LogP contribution >= 0.6 is 23.5 Å². The SMILES string of the molecule is CC(SCC(=O)Nc1ccc(F)cc1)C(=O)N1CCCSCC1. The van der Waals surface area contributed by atoms with Crippen molar-refractivity contribution in [2.24, 2.45) is 0 Å². The van der Waals surface area contributed by atoms with Gasteiger partial charge in [0.25, 0.3) is 0 Å². The van der Waals surface area contributed by atoms with Crippen LogP contribution in [0.3, 0.4) is 0 Å². The maximum Gasteiger partial charge on any atom is 0.235 e. The number of rotatable bonds is 5. The fourth-order valence-corrected chi connectivity index (χ4v) is 3.88. The van der Waals surface area contributed by atoms with Crippen LogP contribution in [0.15, 0.2) is 24.3 Å². The van der Waals surface area contributed by atoms with Gasteiger partial charge in [-0.15, -0.1) is 11.8 Å². The predicted octanol–water partition coefficient (Wildman–Crippen LogP) is 2.85. The Morgan fingerprint density at radius 3 is 2.78 bits per heavy atom. The molecular formula is C16H21FN2O2S2. The smallest absolute Gasteiger partial charge is 0.235 e. The number of benzene rings is 1. The van der Waals surface area contributed by atoms with Gasteiger partial charge in [-0.1, -0.05) is 0 Å². The van der Waals surface area contributed by atoms with Crippen molar-refractivity contribution >= 4 is 41.0 Å². The monoisotopic (exact) mass is 356 g/mol. The molecule has 1 aromatic carbocycles. The fraction of sp³-hybridized carbons (Fsp3) is 0.500. The molecule has 2 amide bonds. The second-order valence-electron chi connectivity index (χ2n) is 5.30. The van der Waals surface area contributed by atoms with E-state index in [1.165, 1.54) is 36.0 Å². The molecule has 126 valence electrons. The molecule has 0 bridgehead atoms. The molecule has 1 fully saturated rings. The Balaban J connectivity index is 1.76. The van der Waals surface area contributed by atoms with Gasteiger partial charge in [0.2, 0.25) is 11.8 Å². The summed E-state index contributed by atoms with van der Waals surface area (Å²) in [6.45, 7) is 3.44. The molecule has 1 aliphatic heterocycles. The first kappa shape index (κ1) is 18.1. The van der Waals surface area contributed by atoms with Crippen LogP contribution < -0.4 is 5.32 Å². The predicted molar refractivity (Wildman–Crippen MR) is 95.5 cm³/mol. The molecule has 1 N–H and O–H groups in total. The average molecular weight is 356 g/mol. The van der Waals surface area contributed by atoms with Crippen molar-refractivity contribution in [2.75, 3.05) is 35.7 Å². The van der Waals surface area contributed by atoms with Crippen LogP contribution in [0, 0.1) is 5.82 Å². The standard InChI is InChI=1S/C16H21FN2O2S2/c1-12(16(21)19-7-2-9-22-10-8-19)23-11-15(20)18-14-5-3-13(17)4-6-14/h3-6,12H,2,7-11H2,1H3,(H,18,20). The summed E-state index contributed by atoms with van der Waals surface area (Å²) in [5, 5.41) is 2.46.